The first-order valence-electron chi connectivity index (χ1n) is 5.47. The lowest BCUT2D eigenvalue weighted by molar-refractivity contribution is 0.0659. The van der Waals surface area contributed by atoms with Gasteiger partial charge < -0.3 is 14.3 Å². The number of methoxy groups -OCH3 is 1. The minimum Gasteiger partial charge on any atom is -0.497 e. The second kappa shape index (κ2) is 4.58. The maximum atomic E-state index is 12.0. The highest BCUT2D eigenvalue weighted by Gasteiger charge is 2.29. The molecule has 1 aromatic heterocycles. The number of carboxylic acids is 1. The van der Waals surface area contributed by atoms with Crippen LogP contribution in [-0.2, 0) is 9.84 Å². The third kappa shape index (κ3) is 2.17. The van der Waals surface area contributed by atoms with Gasteiger partial charge in [-0.2, -0.15) is 0 Å². The zero-order chi connectivity index (χ0) is 14.2. The molecule has 0 bridgehead atoms. The Balaban J connectivity index is 2.86. The van der Waals surface area contributed by atoms with Crippen molar-refractivity contribution in [2.75, 3.05) is 12.9 Å². The Kier molecular flexibility index (Phi) is 3.23. The predicted molar refractivity (Wildman–Crippen MR) is 67.5 cm³/mol. The van der Waals surface area contributed by atoms with Gasteiger partial charge in [-0.05, 0) is 12.1 Å². The minimum absolute atomic E-state index is 0.170. The van der Waals surface area contributed by atoms with E-state index in [1.807, 2.05) is 0 Å². The van der Waals surface area contributed by atoms with Gasteiger partial charge in [0.25, 0.3) is 0 Å². The van der Waals surface area contributed by atoms with Crippen LogP contribution >= 0.6 is 0 Å². The number of aromatic carboxylic acids is 1. The van der Waals surface area contributed by atoms with E-state index < -0.39 is 21.6 Å². The summed E-state index contributed by atoms with van der Waals surface area (Å²) in [5.41, 5.74) is 0.170. The van der Waals surface area contributed by atoms with Gasteiger partial charge in [0.1, 0.15) is 16.2 Å². The fourth-order valence-corrected chi connectivity index (χ4v) is 2.98. The summed E-state index contributed by atoms with van der Waals surface area (Å²) in [6, 6.07) is 4.49. The van der Waals surface area contributed by atoms with E-state index in [1.54, 1.807) is 6.07 Å². The molecule has 0 amide bonds. The molecule has 0 saturated carbocycles. The molecular formula is C12H12O6S. The Labute approximate surface area is 109 Å². The molecule has 1 N–H and O–H groups in total. The molecule has 1 aromatic carbocycles. The first-order valence-corrected chi connectivity index (χ1v) is 7.12. The molecule has 19 heavy (non-hydrogen) atoms. The van der Waals surface area contributed by atoms with E-state index in [0.717, 1.165) is 0 Å². The highest BCUT2D eigenvalue weighted by atomic mass is 32.2. The number of benzene rings is 1. The van der Waals surface area contributed by atoms with Crippen molar-refractivity contribution in [2.45, 2.75) is 11.8 Å². The first kappa shape index (κ1) is 13.4. The average molecular weight is 284 g/mol. The van der Waals surface area contributed by atoms with Crippen molar-refractivity contribution in [1.29, 1.82) is 0 Å². The summed E-state index contributed by atoms with van der Waals surface area (Å²) >= 11 is 0. The number of fused-ring (bicyclic) bond motifs is 1. The molecule has 7 heteroatoms. The summed E-state index contributed by atoms with van der Waals surface area (Å²) in [7, 11) is -2.24. The third-order valence-corrected chi connectivity index (χ3v) is 4.52. The predicted octanol–water partition coefficient (Wildman–Crippen LogP) is 1.93. The first-order chi connectivity index (χ1) is 8.90. The van der Waals surface area contributed by atoms with Crippen LogP contribution in [0.3, 0.4) is 0 Å². The van der Waals surface area contributed by atoms with Crippen molar-refractivity contribution >= 4 is 26.8 Å². The number of furan rings is 1. The lowest BCUT2D eigenvalue weighted by Gasteiger charge is -2.00. The van der Waals surface area contributed by atoms with Gasteiger partial charge in [-0.25, -0.2) is 13.2 Å². The number of carbonyl (C=O) groups is 1. The molecule has 102 valence electrons. The van der Waals surface area contributed by atoms with Gasteiger partial charge in [0.05, 0.1) is 12.9 Å². The fraction of sp³-hybridized carbons (Fsp3) is 0.250. The molecule has 0 unspecified atom stereocenters. The molecule has 6 nitrogen and oxygen atoms in total. The van der Waals surface area contributed by atoms with Crippen LogP contribution in [-0.4, -0.2) is 32.4 Å². The number of carboxylic acid groups (broad SMARTS) is 1. The second-order valence-corrected chi connectivity index (χ2v) is 6.05. The molecule has 1 heterocycles. The Bertz CT molecular complexity index is 741. The van der Waals surface area contributed by atoms with Crippen LogP contribution in [0.2, 0.25) is 0 Å². The molecule has 0 radical (unpaired) electrons. The lowest BCUT2D eigenvalue weighted by Crippen LogP contribution is -2.08. The zero-order valence-corrected chi connectivity index (χ0v) is 11.2. The maximum absolute atomic E-state index is 12.0. The number of hydrogen-bond acceptors (Lipinski definition) is 5. The van der Waals surface area contributed by atoms with Crippen molar-refractivity contribution in [3.05, 3.63) is 24.0 Å². The van der Waals surface area contributed by atoms with Gasteiger partial charge in [-0.1, -0.05) is 6.92 Å². The van der Waals surface area contributed by atoms with Crippen molar-refractivity contribution in [2.24, 2.45) is 0 Å². The summed E-state index contributed by atoms with van der Waals surface area (Å²) in [5, 5.41) is 9.31. The van der Waals surface area contributed by atoms with Crippen LogP contribution in [0.15, 0.2) is 27.5 Å². The van der Waals surface area contributed by atoms with E-state index in [0.29, 0.717) is 5.75 Å². The molecule has 2 rings (SSSR count). The second-order valence-electron chi connectivity index (χ2n) is 3.83. The molecule has 0 aliphatic rings. The summed E-state index contributed by atoms with van der Waals surface area (Å²) in [6.45, 7) is 1.45. The average Bonchev–Trinajstić information content (AvgIpc) is 2.77. The molecule has 0 saturated heterocycles. The van der Waals surface area contributed by atoms with Gasteiger partial charge in [0.15, 0.2) is 9.84 Å². The van der Waals surface area contributed by atoms with Gasteiger partial charge in [-0.3, -0.25) is 0 Å². The fourth-order valence-electron chi connectivity index (χ4n) is 1.77. The molecule has 0 atom stereocenters. The summed E-state index contributed by atoms with van der Waals surface area (Å²) < 4.78 is 34.1. The number of sulfone groups is 1. The standard InChI is InChI=1S/C12H12O6S/c1-3-19(15,16)11-8-5-4-7(17-2)6-9(8)18-10(11)12(13)14/h4-6H,3H2,1-2H3,(H,13,14). The quantitative estimate of drug-likeness (QED) is 0.922. The Morgan fingerprint density at radius 3 is 2.63 bits per heavy atom. The normalized spacial score (nSPS) is 11.7. The van der Waals surface area contributed by atoms with Crippen molar-refractivity contribution in [3.8, 4) is 5.75 Å². The highest BCUT2D eigenvalue weighted by Crippen LogP contribution is 2.33. The number of ether oxygens (including phenoxy) is 1. The van der Waals surface area contributed by atoms with Crippen molar-refractivity contribution < 1.29 is 27.5 Å². The van der Waals surface area contributed by atoms with Gasteiger partial charge in [0, 0.05) is 11.5 Å². The molecule has 0 spiro atoms. The van der Waals surface area contributed by atoms with E-state index in [-0.39, 0.29) is 21.6 Å². The Morgan fingerprint density at radius 1 is 1.42 bits per heavy atom. The van der Waals surface area contributed by atoms with E-state index >= 15 is 0 Å². The summed E-state index contributed by atoms with van der Waals surface area (Å²) in [4.78, 5) is 10.8. The number of hydrogen-bond donors (Lipinski definition) is 1. The van der Waals surface area contributed by atoms with Crippen molar-refractivity contribution in [3.63, 3.8) is 0 Å². The lowest BCUT2D eigenvalue weighted by atomic mass is 10.2. The molecular weight excluding hydrogens is 272 g/mol. The monoisotopic (exact) mass is 284 g/mol. The summed E-state index contributed by atoms with van der Waals surface area (Å²) in [5.74, 6) is -1.72. The third-order valence-electron chi connectivity index (χ3n) is 2.74. The van der Waals surface area contributed by atoms with E-state index in [9.17, 15) is 13.2 Å². The largest absolute Gasteiger partial charge is 0.497 e. The van der Waals surface area contributed by atoms with E-state index in [2.05, 4.69) is 0 Å². The van der Waals surface area contributed by atoms with E-state index in [1.165, 1.54) is 26.2 Å². The topological polar surface area (TPSA) is 93.8 Å². The maximum Gasteiger partial charge on any atom is 0.373 e. The van der Waals surface area contributed by atoms with Crippen LogP contribution in [0, 0.1) is 0 Å². The van der Waals surface area contributed by atoms with E-state index in [4.69, 9.17) is 14.3 Å². The van der Waals surface area contributed by atoms with Gasteiger partial charge >= 0.3 is 5.97 Å². The minimum atomic E-state index is -3.69. The SMILES string of the molecule is CCS(=O)(=O)c1c(C(=O)O)oc2cc(OC)ccc12. The van der Waals surface area contributed by atoms with Gasteiger partial charge in [-0.15, -0.1) is 0 Å². The summed E-state index contributed by atoms with van der Waals surface area (Å²) in [6.07, 6.45) is 0. The zero-order valence-electron chi connectivity index (χ0n) is 10.3. The number of rotatable bonds is 4. The van der Waals surface area contributed by atoms with Crippen LogP contribution < -0.4 is 4.74 Å². The van der Waals surface area contributed by atoms with Crippen molar-refractivity contribution in [1.82, 2.24) is 0 Å². The van der Waals surface area contributed by atoms with Crippen LogP contribution in [0.25, 0.3) is 11.0 Å². The smallest absolute Gasteiger partial charge is 0.373 e. The Hall–Kier alpha value is -2.02. The van der Waals surface area contributed by atoms with Crippen LogP contribution in [0.4, 0.5) is 0 Å². The van der Waals surface area contributed by atoms with Gasteiger partial charge in [0.2, 0.25) is 5.76 Å². The molecule has 0 aliphatic carbocycles. The highest BCUT2D eigenvalue weighted by molar-refractivity contribution is 7.91. The van der Waals surface area contributed by atoms with Crippen LogP contribution in [0.5, 0.6) is 5.75 Å². The van der Waals surface area contributed by atoms with Crippen LogP contribution in [0.1, 0.15) is 17.5 Å². The molecule has 0 aliphatic heterocycles. The molecule has 2 aromatic rings. The molecule has 0 fully saturated rings. The Morgan fingerprint density at radius 2 is 2.11 bits per heavy atom.